The van der Waals surface area contributed by atoms with Crippen LogP contribution in [0.3, 0.4) is 0 Å². The Morgan fingerprint density at radius 2 is 1.89 bits per heavy atom. The molecule has 0 bridgehead atoms. The first-order valence-electron chi connectivity index (χ1n) is 8.18. The molecular weight excluding hydrogens is 411 g/mol. The van der Waals surface area contributed by atoms with E-state index in [-0.39, 0.29) is 23.1 Å². The number of hydrogen-bond acceptors (Lipinski definition) is 5. The van der Waals surface area contributed by atoms with Crippen molar-refractivity contribution in [3.8, 4) is 11.5 Å². The van der Waals surface area contributed by atoms with Crippen molar-refractivity contribution in [1.82, 2.24) is 9.62 Å². The van der Waals surface area contributed by atoms with E-state index >= 15 is 0 Å². The topological polar surface area (TPSA) is 67.9 Å². The third-order valence-corrected chi connectivity index (χ3v) is 6.69. The SMILES string of the molecule is COc1ccc(OC)c(S(=O)(=O)N2CCNCC2c2ccccc2Cl)c1.Cl. The summed E-state index contributed by atoms with van der Waals surface area (Å²) in [6.07, 6.45) is 0. The molecule has 1 aliphatic heterocycles. The van der Waals surface area contributed by atoms with E-state index in [1.54, 1.807) is 18.2 Å². The molecule has 1 heterocycles. The predicted octanol–water partition coefficient (Wildman–Crippen LogP) is 3.11. The van der Waals surface area contributed by atoms with E-state index in [2.05, 4.69) is 5.32 Å². The molecule has 6 nitrogen and oxygen atoms in total. The van der Waals surface area contributed by atoms with Crippen molar-refractivity contribution < 1.29 is 17.9 Å². The first-order valence-corrected chi connectivity index (χ1v) is 10.00. The summed E-state index contributed by atoms with van der Waals surface area (Å²) in [6, 6.07) is 11.6. The Labute approximate surface area is 170 Å². The molecule has 1 fully saturated rings. The summed E-state index contributed by atoms with van der Waals surface area (Å²) in [6.45, 7) is 1.38. The van der Waals surface area contributed by atoms with E-state index in [1.165, 1.54) is 24.6 Å². The zero-order valence-corrected chi connectivity index (χ0v) is 17.4. The van der Waals surface area contributed by atoms with Crippen molar-refractivity contribution in [2.45, 2.75) is 10.9 Å². The van der Waals surface area contributed by atoms with Crippen molar-refractivity contribution in [2.24, 2.45) is 0 Å². The van der Waals surface area contributed by atoms with Crippen LogP contribution in [0, 0.1) is 0 Å². The van der Waals surface area contributed by atoms with E-state index in [0.717, 1.165) is 5.56 Å². The van der Waals surface area contributed by atoms with Gasteiger partial charge in [-0.2, -0.15) is 4.31 Å². The summed E-state index contributed by atoms with van der Waals surface area (Å²) in [4.78, 5) is 0.0818. The summed E-state index contributed by atoms with van der Waals surface area (Å²) in [7, 11) is -0.878. The second kappa shape index (κ2) is 9.12. The summed E-state index contributed by atoms with van der Waals surface area (Å²) >= 11 is 6.33. The van der Waals surface area contributed by atoms with Gasteiger partial charge < -0.3 is 14.8 Å². The normalized spacial score (nSPS) is 17.8. The smallest absolute Gasteiger partial charge is 0.247 e. The van der Waals surface area contributed by atoms with Crippen LogP contribution < -0.4 is 14.8 Å². The molecule has 1 atom stereocenters. The standard InChI is InChI=1S/C18H21ClN2O4S.ClH/c1-24-13-7-8-17(25-2)18(11-13)26(22,23)21-10-9-20-12-16(21)14-5-3-4-6-15(14)19;/h3-8,11,16,20H,9-10,12H2,1-2H3;1H. The maximum atomic E-state index is 13.4. The lowest BCUT2D eigenvalue weighted by atomic mass is 10.1. The minimum Gasteiger partial charge on any atom is -0.497 e. The molecule has 3 rings (SSSR count). The van der Waals surface area contributed by atoms with Gasteiger partial charge in [0.2, 0.25) is 10.0 Å². The fraction of sp³-hybridized carbons (Fsp3) is 0.333. The van der Waals surface area contributed by atoms with Crippen molar-refractivity contribution in [1.29, 1.82) is 0 Å². The van der Waals surface area contributed by atoms with Crippen molar-refractivity contribution in [3.63, 3.8) is 0 Å². The fourth-order valence-electron chi connectivity index (χ4n) is 3.10. The van der Waals surface area contributed by atoms with E-state index in [9.17, 15) is 8.42 Å². The van der Waals surface area contributed by atoms with E-state index < -0.39 is 16.1 Å². The van der Waals surface area contributed by atoms with Crippen LogP contribution in [0.4, 0.5) is 0 Å². The van der Waals surface area contributed by atoms with Gasteiger partial charge in [0.05, 0.1) is 20.3 Å². The molecule has 2 aromatic rings. The first-order chi connectivity index (χ1) is 12.5. The molecule has 0 amide bonds. The Morgan fingerprint density at radius 3 is 2.56 bits per heavy atom. The Balaban J connectivity index is 0.00000261. The molecule has 1 N–H and O–H groups in total. The van der Waals surface area contributed by atoms with E-state index in [4.69, 9.17) is 21.1 Å². The number of rotatable bonds is 5. The molecule has 1 aliphatic rings. The second-order valence-electron chi connectivity index (χ2n) is 5.87. The van der Waals surface area contributed by atoms with Gasteiger partial charge in [0.15, 0.2) is 0 Å². The third kappa shape index (κ3) is 4.33. The average molecular weight is 433 g/mol. The van der Waals surface area contributed by atoms with Gasteiger partial charge >= 0.3 is 0 Å². The number of ether oxygens (including phenoxy) is 2. The third-order valence-electron chi connectivity index (χ3n) is 4.42. The monoisotopic (exact) mass is 432 g/mol. The van der Waals surface area contributed by atoms with Crippen LogP contribution in [-0.4, -0.2) is 46.6 Å². The number of benzene rings is 2. The van der Waals surface area contributed by atoms with Gasteiger partial charge in [-0.1, -0.05) is 29.8 Å². The molecule has 1 saturated heterocycles. The van der Waals surface area contributed by atoms with E-state index in [0.29, 0.717) is 30.4 Å². The number of nitrogens with zero attached hydrogens (tertiary/aromatic N) is 1. The average Bonchev–Trinajstić information content (AvgIpc) is 2.67. The molecular formula is C18H22Cl2N2O4S. The Kier molecular flexibility index (Phi) is 7.36. The maximum Gasteiger partial charge on any atom is 0.247 e. The zero-order chi connectivity index (χ0) is 18.7. The molecule has 1 unspecified atom stereocenters. The number of halogens is 2. The van der Waals surface area contributed by atoms with Gasteiger partial charge in [-0.3, -0.25) is 0 Å². The molecule has 2 aromatic carbocycles. The predicted molar refractivity (Wildman–Crippen MR) is 108 cm³/mol. The minimum absolute atomic E-state index is 0. The molecule has 148 valence electrons. The van der Waals surface area contributed by atoms with Crippen LogP contribution in [0.5, 0.6) is 11.5 Å². The lowest BCUT2D eigenvalue weighted by molar-refractivity contribution is 0.270. The molecule has 0 aliphatic carbocycles. The zero-order valence-electron chi connectivity index (χ0n) is 15.0. The van der Waals surface area contributed by atoms with Gasteiger partial charge in [0, 0.05) is 30.7 Å². The summed E-state index contributed by atoms with van der Waals surface area (Å²) < 4.78 is 38.9. The second-order valence-corrected chi connectivity index (χ2v) is 8.14. The van der Waals surface area contributed by atoms with Crippen LogP contribution in [-0.2, 0) is 10.0 Å². The Bertz CT molecular complexity index is 893. The Hall–Kier alpha value is -1.51. The van der Waals surface area contributed by atoms with Crippen LogP contribution in [0.25, 0.3) is 0 Å². The molecule has 0 aromatic heterocycles. The van der Waals surface area contributed by atoms with Gasteiger partial charge in [-0.15, -0.1) is 12.4 Å². The van der Waals surface area contributed by atoms with Gasteiger partial charge in [0.1, 0.15) is 16.4 Å². The van der Waals surface area contributed by atoms with Crippen LogP contribution in [0.1, 0.15) is 11.6 Å². The highest BCUT2D eigenvalue weighted by atomic mass is 35.5. The summed E-state index contributed by atoms with van der Waals surface area (Å²) in [5.74, 6) is 0.732. The molecule has 9 heteroatoms. The first kappa shape index (κ1) is 21.8. The quantitative estimate of drug-likeness (QED) is 0.785. The largest absolute Gasteiger partial charge is 0.497 e. The number of hydrogen-bond donors (Lipinski definition) is 1. The van der Waals surface area contributed by atoms with Crippen molar-refractivity contribution >= 4 is 34.0 Å². The van der Waals surface area contributed by atoms with Crippen LogP contribution >= 0.6 is 24.0 Å². The number of methoxy groups -OCH3 is 2. The fourth-order valence-corrected chi connectivity index (χ4v) is 5.14. The molecule has 0 saturated carbocycles. The molecule has 0 spiro atoms. The van der Waals surface area contributed by atoms with E-state index in [1.807, 2.05) is 18.2 Å². The lowest BCUT2D eigenvalue weighted by Gasteiger charge is -2.36. The van der Waals surface area contributed by atoms with Crippen molar-refractivity contribution in [2.75, 3.05) is 33.9 Å². The number of piperazine rings is 1. The lowest BCUT2D eigenvalue weighted by Crippen LogP contribution is -2.48. The molecule has 27 heavy (non-hydrogen) atoms. The summed E-state index contributed by atoms with van der Waals surface area (Å²) in [5, 5.41) is 3.79. The highest BCUT2D eigenvalue weighted by Gasteiger charge is 2.37. The van der Waals surface area contributed by atoms with Crippen molar-refractivity contribution in [3.05, 3.63) is 53.1 Å². The van der Waals surface area contributed by atoms with Crippen LogP contribution in [0.15, 0.2) is 47.4 Å². The van der Waals surface area contributed by atoms with Crippen LogP contribution in [0.2, 0.25) is 5.02 Å². The Morgan fingerprint density at radius 1 is 1.15 bits per heavy atom. The molecule has 0 radical (unpaired) electrons. The van der Waals surface area contributed by atoms with Gasteiger partial charge in [0.25, 0.3) is 0 Å². The number of sulfonamides is 1. The highest BCUT2D eigenvalue weighted by molar-refractivity contribution is 7.89. The highest BCUT2D eigenvalue weighted by Crippen LogP contribution is 2.36. The number of nitrogens with one attached hydrogen (secondary N) is 1. The maximum absolute atomic E-state index is 13.4. The van der Waals surface area contributed by atoms with Gasteiger partial charge in [-0.25, -0.2) is 8.42 Å². The minimum atomic E-state index is -3.82. The summed E-state index contributed by atoms with van der Waals surface area (Å²) in [5.41, 5.74) is 0.770. The van der Waals surface area contributed by atoms with Gasteiger partial charge in [-0.05, 0) is 23.8 Å².